The minimum absolute atomic E-state index is 0.134. The maximum absolute atomic E-state index is 12.5. The zero-order chi connectivity index (χ0) is 22.7. The minimum Gasteiger partial charge on any atom is -0.326 e. The Kier molecular flexibility index (Phi) is 6.52. The van der Waals surface area contributed by atoms with Crippen molar-refractivity contribution in [2.75, 3.05) is 16.4 Å². The summed E-state index contributed by atoms with van der Waals surface area (Å²) in [7, 11) is 0. The second kappa shape index (κ2) is 9.49. The van der Waals surface area contributed by atoms with Gasteiger partial charge in [-0.2, -0.15) is 0 Å². The molecule has 8 nitrogen and oxygen atoms in total. The van der Waals surface area contributed by atoms with E-state index in [1.807, 2.05) is 54.8 Å². The number of carbonyl (C=O) groups is 2. The highest BCUT2D eigenvalue weighted by Crippen LogP contribution is 2.29. The number of thioether (sulfide) groups is 1. The summed E-state index contributed by atoms with van der Waals surface area (Å²) in [5.74, 6) is 0.692. The van der Waals surface area contributed by atoms with Crippen LogP contribution in [-0.2, 0) is 16.1 Å². The van der Waals surface area contributed by atoms with Gasteiger partial charge in [-0.15, -0.1) is 10.2 Å². The van der Waals surface area contributed by atoms with Crippen molar-refractivity contribution in [2.45, 2.75) is 32.5 Å². The average molecular weight is 467 g/mol. The SMILES string of the molecule is CCn1c(SCC(=O)Nc2nc3ccc(NC(C)=O)cc3s2)nnc1-c1ccccc1C. The van der Waals surface area contributed by atoms with Crippen LogP contribution < -0.4 is 10.6 Å². The molecule has 0 aliphatic heterocycles. The number of amides is 2. The van der Waals surface area contributed by atoms with Crippen LogP contribution in [0, 0.1) is 6.92 Å². The maximum Gasteiger partial charge on any atom is 0.236 e. The Morgan fingerprint density at radius 2 is 1.94 bits per heavy atom. The van der Waals surface area contributed by atoms with Gasteiger partial charge < -0.3 is 15.2 Å². The van der Waals surface area contributed by atoms with Crippen LogP contribution in [0.2, 0.25) is 0 Å². The van der Waals surface area contributed by atoms with Crippen LogP contribution in [0.3, 0.4) is 0 Å². The van der Waals surface area contributed by atoms with Crippen molar-refractivity contribution in [1.29, 1.82) is 0 Å². The molecule has 2 aromatic heterocycles. The molecule has 0 saturated heterocycles. The summed E-state index contributed by atoms with van der Waals surface area (Å²) in [5, 5.41) is 15.5. The van der Waals surface area contributed by atoms with Crippen molar-refractivity contribution in [3.8, 4) is 11.4 Å². The van der Waals surface area contributed by atoms with Gasteiger partial charge in [0.2, 0.25) is 11.8 Å². The second-order valence-corrected chi connectivity index (χ2v) is 9.06. The van der Waals surface area contributed by atoms with Gasteiger partial charge in [0.05, 0.1) is 16.0 Å². The summed E-state index contributed by atoms with van der Waals surface area (Å²) >= 11 is 2.71. The molecule has 10 heteroatoms. The third kappa shape index (κ3) is 4.81. The van der Waals surface area contributed by atoms with E-state index in [-0.39, 0.29) is 17.6 Å². The molecule has 2 N–H and O–H groups in total. The number of nitrogens with zero attached hydrogens (tertiary/aromatic N) is 4. The molecule has 0 atom stereocenters. The number of benzene rings is 2. The summed E-state index contributed by atoms with van der Waals surface area (Å²) in [5.41, 5.74) is 3.62. The van der Waals surface area contributed by atoms with E-state index >= 15 is 0 Å². The third-order valence-corrected chi connectivity index (χ3v) is 6.61. The van der Waals surface area contributed by atoms with Gasteiger partial charge in [-0.25, -0.2) is 4.98 Å². The number of thiazole rings is 1. The first kappa shape index (κ1) is 22.0. The molecule has 164 valence electrons. The molecule has 0 spiro atoms. The first-order valence-electron chi connectivity index (χ1n) is 10.0. The lowest BCUT2D eigenvalue weighted by Crippen LogP contribution is -2.14. The molecule has 0 aliphatic rings. The van der Waals surface area contributed by atoms with Crippen LogP contribution in [0.15, 0.2) is 47.6 Å². The summed E-state index contributed by atoms with van der Waals surface area (Å²) in [4.78, 5) is 28.2. The Morgan fingerprint density at radius 1 is 1.12 bits per heavy atom. The van der Waals surface area contributed by atoms with Crippen LogP contribution in [0.25, 0.3) is 21.6 Å². The molecule has 32 heavy (non-hydrogen) atoms. The zero-order valence-corrected chi connectivity index (χ0v) is 19.5. The average Bonchev–Trinajstić information content (AvgIpc) is 3.34. The molecule has 0 saturated carbocycles. The molecule has 2 amide bonds. The highest BCUT2D eigenvalue weighted by Gasteiger charge is 2.16. The number of aryl methyl sites for hydroxylation is 1. The van der Waals surface area contributed by atoms with Crippen LogP contribution in [-0.4, -0.2) is 37.3 Å². The van der Waals surface area contributed by atoms with Gasteiger partial charge in [0.15, 0.2) is 16.1 Å². The summed E-state index contributed by atoms with van der Waals surface area (Å²) in [6.45, 7) is 6.24. The third-order valence-electron chi connectivity index (χ3n) is 4.71. The molecule has 4 aromatic rings. The van der Waals surface area contributed by atoms with Gasteiger partial charge in [0, 0.05) is 24.7 Å². The minimum atomic E-state index is -0.167. The smallest absolute Gasteiger partial charge is 0.236 e. The molecule has 0 unspecified atom stereocenters. The molecule has 4 rings (SSSR count). The number of nitrogens with one attached hydrogen (secondary N) is 2. The topological polar surface area (TPSA) is 102 Å². The number of rotatable bonds is 7. The Hall–Kier alpha value is -3.24. The standard InChI is InChI=1S/C22H22N6O2S2/c1-4-28-20(16-8-6-5-7-13(16)2)26-27-22(28)31-12-19(30)25-21-24-17-10-9-15(23-14(3)29)11-18(17)32-21/h5-11H,4,12H2,1-3H3,(H,23,29)(H,24,25,30). The highest BCUT2D eigenvalue weighted by molar-refractivity contribution is 7.99. The van der Waals surface area contributed by atoms with E-state index in [1.165, 1.54) is 30.0 Å². The number of carbonyl (C=O) groups excluding carboxylic acids is 2. The lowest BCUT2D eigenvalue weighted by atomic mass is 10.1. The molecule has 2 aromatic carbocycles. The molecule has 0 bridgehead atoms. The first-order valence-corrected chi connectivity index (χ1v) is 11.8. The van der Waals surface area contributed by atoms with Crippen molar-refractivity contribution in [1.82, 2.24) is 19.7 Å². The van der Waals surface area contributed by atoms with E-state index in [0.717, 1.165) is 27.2 Å². The Morgan fingerprint density at radius 3 is 2.69 bits per heavy atom. The van der Waals surface area contributed by atoms with Crippen molar-refractivity contribution in [3.63, 3.8) is 0 Å². The second-order valence-electron chi connectivity index (χ2n) is 7.08. The monoisotopic (exact) mass is 466 g/mol. The van der Waals surface area contributed by atoms with Crippen molar-refractivity contribution < 1.29 is 9.59 Å². The predicted molar refractivity (Wildman–Crippen MR) is 129 cm³/mol. The maximum atomic E-state index is 12.5. The first-order chi connectivity index (χ1) is 15.4. The quantitative estimate of drug-likeness (QED) is 0.387. The van der Waals surface area contributed by atoms with Crippen LogP contribution in [0.1, 0.15) is 19.4 Å². The van der Waals surface area contributed by atoms with E-state index in [0.29, 0.717) is 22.5 Å². The fourth-order valence-corrected chi connectivity index (χ4v) is 4.97. The van der Waals surface area contributed by atoms with Gasteiger partial charge in [0.25, 0.3) is 0 Å². The largest absolute Gasteiger partial charge is 0.326 e. The van der Waals surface area contributed by atoms with E-state index in [1.54, 1.807) is 6.07 Å². The fraction of sp³-hybridized carbons (Fsp3) is 0.227. The molecule has 0 aliphatic carbocycles. The molecular weight excluding hydrogens is 444 g/mol. The summed E-state index contributed by atoms with van der Waals surface area (Å²) in [6, 6.07) is 13.5. The molecule has 0 radical (unpaired) electrons. The number of hydrogen-bond acceptors (Lipinski definition) is 7. The zero-order valence-electron chi connectivity index (χ0n) is 17.9. The fourth-order valence-electron chi connectivity index (χ4n) is 3.25. The normalized spacial score (nSPS) is 11.0. The Bertz CT molecular complexity index is 1300. The van der Waals surface area contributed by atoms with Crippen LogP contribution in [0.5, 0.6) is 0 Å². The lowest BCUT2D eigenvalue weighted by molar-refractivity contribution is -0.114. The predicted octanol–water partition coefficient (Wildman–Crippen LogP) is 4.57. The number of anilines is 2. The highest BCUT2D eigenvalue weighted by atomic mass is 32.2. The number of fused-ring (bicyclic) bond motifs is 1. The molecule has 2 heterocycles. The lowest BCUT2D eigenvalue weighted by Gasteiger charge is -2.09. The van der Waals surface area contributed by atoms with Gasteiger partial charge in [0.1, 0.15) is 0 Å². The number of aromatic nitrogens is 4. The summed E-state index contributed by atoms with van der Waals surface area (Å²) in [6.07, 6.45) is 0. The van der Waals surface area contributed by atoms with E-state index in [4.69, 9.17) is 0 Å². The van der Waals surface area contributed by atoms with Crippen molar-refractivity contribution in [3.05, 3.63) is 48.0 Å². The molecular formula is C22H22N6O2S2. The van der Waals surface area contributed by atoms with Gasteiger partial charge in [-0.3, -0.25) is 9.59 Å². The Labute approximate surface area is 193 Å². The van der Waals surface area contributed by atoms with Crippen LogP contribution in [0.4, 0.5) is 10.8 Å². The van der Waals surface area contributed by atoms with Gasteiger partial charge in [-0.05, 0) is 37.6 Å². The van der Waals surface area contributed by atoms with Crippen molar-refractivity contribution in [2.24, 2.45) is 0 Å². The van der Waals surface area contributed by atoms with E-state index < -0.39 is 0 Å². The summed E-state index contributed by atoms with van der Waals surface area (Å²) < 4.78 is 2.90. The Balaban J connectivity index is 1.43. The molecule has 0 fully saturated rings. The van der Waals surface area contributed by atoms with Crippen LogP contribution >= 0.6 is 23.1 Å². The van der Waals surface area contributed by atoms with Gasteiger partial charge >= 0.3 is 0 Å². The van der Waals surface area contributed by atoms with Crippen molar-refractivity contribution >= 4 is 55.9 Å². The van der Waals surface area contributed by atoms with E-state index in [9.17, 15) is 9.59 Å². The van der Waals surface area contributed by atoms with E-state index in [2.05, 4.69) is 25.8 Å². The van der Waals surface area contributed by atoms with Gasteiger partial charge in [-0.1, -0.05) is 47.4 Å². The number of hydrogen-bond donors (Lipinski definition) is 2.